The molecule has 1 aliphatic heterocycles. The van der Waals surface area contributed by atoms with Gasteiger partial charge in [0.1, 0.15) is 0 Å². The van der Waals surface area contributed by atoms with Gasteiger partial charge >= 0.3 is 0 Å². The van der Waals surface area contributed by atoms with Gasteiger partial charge < -0.3 is 15.2 Å². The maximum Gasteiger partial charge on any atom is 0.0820 e. The Labute approximate surface area is 99.6 Å². The van der Waals surface area contributed by atoms with Crippen LogP contribution in [0.4, 0.5) is 5.69 Å². The second kappa shape index (κ2) is 4.99. The van der Waals surface area contributed by atoms with Crippen LogP contribution < -0.4 is 5.32 Å². The average molecular weight is 243 g/mol. The van der Waals surface area contributed by atoms with Crippen molar-refractivity contribution in [2.24, 2.45) is 0 Å². The van der Waals surface area contributed by atoms with Gasteiger partial charge in [-0.2, -0.15) is 0 Å². The van der Waals surface area contributed by atoms with Gasteiger partial charge in [-0.25, -0.2) is 0 Å². The minimum absolute atomic E-state index is 0.0784. The molecule has 2 heterocycles. The molecule has 1 aliphatic rings. The Hall–Kier alpha value is -0.840. The molecular formula is C11H15ClN2O2. The summed E-state index contributed by atoms with van der Waals surface area (Å²) in [4.78, 5) is 3.93. The monoisotopic (exact) mass is 242 g/mol. The molecule has 88 valence electrons. The number of anilines is 1. The van der Waals surface area contributed by atoms with E-state index in [1.165, 1.54) is 0 Å². The molecule has 0 bridgehead atoms. The van der Waals surface area contributed by atoms with E-state index in [-0.39, 0.29) is 12.1 Å². The van der Waals surface area contributed by atoms with Crippen LogP contribution in [-0.4, -0.2) is 35.5 Å². The lowest BCUT2D eigenvalue weighted by atomic mass is 9.90. The summed E-state index contributed by atoms with van der Waals surface area (Å²) in [6.07, 6.45) is 4.83. The molecule has 16 heavy (non-hydrogen) atoms. The van der Waals surface area contributed by atoms with Crippen LogP contribution in [-0.2, 0) is 4.74 Å². The molecule has 5 heteroatoms. The Morgan fingerprint density at radius 2 is 2.25 bits per heavy atom. The molecule has 1 saturated heterocycles. The fourth-order valence-corrected chi connectivity index (χ4v) is 2.01. The molecule has 0 unspecified atom stereocenters. The smallest absolute Gasteiger partial charge is 0.0820 e. The van der Waals surface area contributed by atoms with Crippen molar-refractivity contribution < 1.29 is 9.84 Å². The summed E-state index contributed by atoms with van der Waals surface area (Å²) in [7, 11) is 0. The molecule has 0 aliphatic carbocycles. The molecule has 0 radical (unpaired) electrons. The van der Waals surface area contributed by atoms with Gasteiger partial charge in [-0.05, 0) is 18.9 Å². The molecule has 2 rings (SSSR count). The molecule has 2 N–H and O–H groups in total. The first kappa shape index (κ1) is 11.6. The van der Waals surface area contributed by atoms with Crippen LogP contribution in [0.3, 0.4) is 0 Å². The van der Waals surface area contributed by atoms with E-state index in [0.717, 1.165) is 18.5 Å². The zero-order valence-electron chi connectivity index (χ0n) is 8.95. The predicted molar refractivity (Wildman–Crippen MR) is 62.7 cm³/mol. The highest BCUT2D eigenvalue weighted by atomic mass is 35.5. The van der Waals surface area contributed by atoms with Crippen LogP contribution in [0.1, 0.15) is 12.8 Å². The predicted octanol–water partition coefficient (Wildman–Crippen LogP) is 1.69. The van der Waals surface area contributed by atoms with Crippen molar-refractivity contribution >= 4 is 17.3 Å². The van der Waals surface area contributed by atoms with Gasteiger partial charge in [0.05, 0.1) is 22.9 Å². The number of aliphatic hydroxyl groups excluding tert-OH is 1. The average Bonchev–Trinajstić information content (AvgIpc) is 2.33. The van der Waals surface area contributed by atoms with E-state index in [4.69, 9.17) is 16.3 Å². The normalized spacial score (nSPS) is 19.4. The number of halogens is 1. The van der Waals surface area contributed by atoms with Crippen LogP contribution in [0.15, 0.2) is 18.5 Å². The van der Waals surface area contributed by atoms with Crippen LogP contribution in [0.2, 0.25) is 5.02 Å². The van der Waals surface area contributed by atoms with Crippen molar-refractivity contribution in [3.05, 3.63) is 23.5 Å². The highest BCUT2D eigenvalue weighted by Crippen LogP contribution is 2.29. The van der Waals surface area contributed by atoms with E-state index in [0.29, 0.717) is 18.2 Å². The number of nitrogens with zero attached hydrogens (tertiary/aromatic N) is 1. The first-order valence-electron chi connectivity index (χ1n) is 5.32. The van der Waals surface area contributed by atoms with Gasteiger partial charge in [0, 0.05) is 25.6 Å². The standard InChI is InChI=1S/C11H15ClN2O2/c12-9-7-13-4-1-10(9)14-11(8-15)2-5-16-6-3-11/h1,4,7,15H,2-3,5-6,8H2,(H,13,14). The Bertz CT molecular complexity index is 354. The van der Waals surface area contributed by atoms with Gasteiger partial charge in [0.25, 0.3) is 0 Å². The highest BCUT2D eigenvalue weighted by molar-refractivity contribution is 6.33. The third-order valence-electron chi connectivity index (χ3n) is 2.92. The number of hydrogen-bond acceptors (Lipinski definition) is 4. The Morgan fingerprint density at radius 1 is 1.50 bits per heavy atom. The summed E-state index contributed by atoms with van der Waals surface area (Å²) in [5, 5.41) is 13.4. The Balaban J connectivity index is 2.15. The zero-order chi connectivity index (χ0) is 11.4. The number of rotatable bonds is 3. The van der Waals surface area contributed by atoms with Crippen LogP contribution in [0.25, 0.3) is 0 Å². The molecule has 0 amide bonds. The quantitative estimate of drug-likeness (QED) is 0.847. The molecule has 0 atom stereocenters. The number of nitrogens with one attached hydrogen (secondary N) is 1. The molecule has 1 fully saturated rings. The van der Waals surface area contributed by atoms with Gasteiger partial charge in [-0.15, -0.1) is 0 Å². The minimum Gasteiger partial charge on any atom is -0.394 e. The number of aliphatic hydroxyl groups is 1. The zero-order valence-corrected chi connectivity index (χ0v) is 9.70. The summed E-state index contributed by atoms with van der Waals surface area (Å²) in [5.74, 6) is 0. The molecule has 1 aromatic rings. The highest BCUT2D eigenvalue weighted by Gasteiger charge is 2.32. The van der Waals surface area contributed by atoms with Crippen molar-refractivity contribution in [3.63, 3.8) is 0 Å². The third kappa shape index (κ3) is 2.45. The molecular weight excluding hydrogens is 228 g/mol. The fraction of sp³-hybridized carbons (Fsp3) is 0.545. The van der Waals surface area contributed by atoms with Crippen molar-refractivity contribution in [1.29, 1.82) is 0 Å². The third-order valence-corrected chi connectivity index (χ3v) is 3.23. The molecule has 1 aromatic heterocycles. The topological polar surface area (TPSA) is 54.4 Å². The number of ether oxygens (including phenoxy) is 1. The van der Waals surface area contributed by atoms with Gasteiger partial charge in [-0.3, -0.25) is 4.98 Å². The summed E-state index contributed by atoms with van der Waals surface area (Å²) in [6.45, 7) is 1.40. The second-order valence-corrected chi connectivity index (χ2v) is 4.44. The van der Waals surface area contributed by atoms with Crippen molar-refractivity contribution in [1.82, 2.24) is 4.98 Å². The van der Waals surface area contributed by atoms with Crippen LogP contribution >= 0.6 is 11.6 Å². The number of hydrogen-bond donors (Lipinski definition) is 2. The summed E-state index contributed by atoms with van der Waals surface area (Å²) in [5.41, 5.74) is 0.496. The maximum absolute atomic E-state index is 9.52. The van der Waals surface area contributed by atoms with Gasteiger partial charge in [0.2, 0.25) is 0 Å². The lowest BCUT2D eigenvalue weighted by Crippen LogP contribution is -2.46. The molecule has 0 aromatic carbocycles. The van der Waals surface area contributed by atoms with Crippen molar-refractivity contribution in [3.8, 4) is 0 Å². The van der Waals surface area contributed by atoms with E-state index in [1.807, 2.05) is 6.07 Å². The van der Waals surface area contributed by atoms with E-state index >= 15 is 0 Å². The first-order chi connectivity index (χ1) is 7.76. The van der Waals surface area contributed by atoms with E-state index in [1.54, 1.807) is 12.4 Å². The summed E-state index contributed by atoms with van der Waals surface area (Å²) in [6, 6.07) is 1.81. The number of aromatic nitrogens is 1. The van der Waals surface area contributed by atoms with Crippen molar-refractivity contribution in [2.75, 3.05) is 25.1 Å². The van der Waals surface area contributed by atoms with E-state index in [9.17, 15) is 5.11 Å². The SMILES string of the molecule is OCC1(Nc2ccncc2Cl)CCOCC1. The van der Waals surface area contributed by atoms with E-state index in [2.05, 4.69) is 10.3 Å². The van der Waals surface area contributed by atoms with Crippen LogP contribution in [0, 0.1) is 0 Å². The van der Waals surface area contributed by atoms with Gasteiger partial charge in [-0.1, -0.05) is 11.6 Å². The summed E-state index contributed by atoms with van der Waals surface area (Å²) < 4.78 is 5.30. The maximum atomic E-state index is 9.52. The fourth-order valence-electron chi connectivity index (χ4n) is 1.85. The van der Waals surface area contributed by atoms with Crippen molar-refractivity contribution in [2.45, 2.75) is 18.4 Å². The molecule has 4 nitrogen and oxygen atoms in total. The molecule has 0 saturated carbocycles. The lowest BCUT2D eigenvalue weighted by molar-refractivity contribution is 0.0380. The Kier molecular flexibility index (Phi) is 3.63. The molecule has 0 spiro atoms. The Morgan fingerprint density at radius 3 is 2.88 bits per heavy atom. The summed E-state index contributed by atoms with van der Waals surface area (Å²) >= 11 is 6.02. The second-order valence-electron chi connectivity index (χ2n) is 4.03. The van der Waals surface area contributed by atoms with Gasteiger partial charge in [0.15, 0.2) is 0 Å². The van der Waals surface area contributed by atoms with Crippen LogP contribution in [0.5, 0.6) is 0 Å². The first-order valence-corrected chi connectivity index (χ1v) is 5.70. The minimum atomic E-state index is -0.316. The lowest BCUT2D eigenvalue weighted by Gasteiger charge is -2.37. The largest absolute Gasteiger partial charge is 0.394 e. The van der Waals surface area contributed by atoms with E-state index < -0.39 is 0 Å². The number of pyridine rings is 1.